The lowest BCUT2D eigenvalue weighted by Gasteiger charge is -2.25. The van der Waals surface area contributed by atoms with E-state index >= 15 is 0 Å². The number of methoxy groups -OCH3 is 1. The molecule has 162 valence electrons. The zero-order valence-corrected chi connectivity index (χ0v) is 17.9. The number of anilines is 1. The number of hydrogen-bond acceptors (Lipinski definition) is 5. The molecule has 30 heavy (non-hydrogen) atoms. The van der Waals surface area contributed by atoms with Crippen LogP contribution >= 0.6 is 0 Å². The summed E-state index contributed by atoms with van der Waals surface area (Å²) in [6.45, 7) is 2.28. The predicted octanol–water partition coefficient (Wildman–Crippen LogP) is 2.19. The summed E-state index contributed by atoms with van der Waals surface area (Å²) in [4.78, 5) is 16.6. The van der Waals surface area contributed by atoms with Gasteiger partial charge in [-0.2, -0.15) is 4.31 Å². The molecular weight excluding hydrogens is 409 g/mol. The van der Waals surface area contributed by atoms with E-state index in [0.29, 0.717) is 19.6 Å². The van der Waals surface area contributed by atoms with E-state index in [4.69, 9.17) is 4.74 Å². The molecule has 9 heteroatoms. The summed E-state index contributed by atoms with van der Waals surface area (Å²) in [6.07, 6.45) is 0.784. The maximum Gasteiger partial charge on any atom is 0.243 e. The Hall–Kier alpha value is -2.65. The normalized spacial score (nSPS) is 15.2. The topological polar surface area (TPSA) is 70.2 Å². The molecule has 1 aliphatic rings. The summed E-state index contributed by atoms with van der Waals surface area (Å²) in [5, 5.41) is 0. The Kier molecular flexibility index (Phi) is 6.94. The second kappa shape index (κ2) is 9.44. The number of carbonyl (C=O) groups excluding carboxylic acids is 1. The van der Waals surface area contributed by atoms with Crippen LogP contribution in [0.25, 0.3) is 0 Å². The van der Waals surface area contributed by atoms with E-state index in [1.54, 1.807) is 12.0 Å². The van der Waals surface area contributed by atoms with E-state index in [1.165, 1.54) is 19.2 Å². The Morgan fingerprint density at radius 3 is 2.33 bits per heavy atom. The fraction of sp³-hybridized carbons (Fsp3) is 0.381. The minimum absolute atomic E-state index is 0.0410. The van der Waals surface area contributed by atoms with Gasteiger partial charge in [0.25, 0.3) is 0 Å². The number of amides is 1. The van der Waals surface area contributed by atoms with Crippen molar-refractivity contribution in [2.45, 2.75) is 11.3 Å². The predicted molar refractivity (Wildman–Crippen MR) is 113 cm³/mol. The number of benzene rings is 2. The van der Waals surface area contributed by atoms with Gasteiger partial charge in [0.1, 0.15) is 11.6 Å². The van der Waals surface area contributed by atoms with Gasteiger partial charge in [-0.15, -0.1) is 0 Å². The summed E-state index contributed by atoms with van der Waals surface area (Å²) in [5.41, 5.74) is 1.06. The molecule has 1 saturated heterocycles. The van der Waals surface area contributed by atoms with Gasteiger partial charge in [-0.1, -0.05) is 0 Å². The molecular formula is C21H26FN3O4S. The summed E-state index contributed by atoms with van der Waals surface area (Å²) >= 11 is 0. The van der Waals surface area contributed by atoms with Crippen LogP contribution in [0.4, 0.5) is 10.1 Å². The lowest BCUT2D eigenvalue weighted by Crippen LogP contribution is -2.42. The van der Waals surface area contributed by atoms with Crippen molar-refractivity contribution in [3.05, 3.63) is 54.3 Å². The molecule has 0 atom stereocenters. The van der Waals surface area contributed by atoms with Gasteiger partial charge in [0.15, 0.2) is 0 Å². The highest BCUT2D eigenvalue weighted by Crippen LogP contribution is 2.21. The van der Waals surface area contributed by atoms with Crippen LogP contribution in [0, 0.1) is 5.82 Å². The van der Waals surface area contributed by atoms with Crippen LogP contribution in [-0.2, 0) is 14.8 Å². The highest BCUT2D eigenvalue weighted by atomic mass is 32.2. The lowest BCUT2D eigenvalue weighted by molar-refractivity contribution is -0.131. The quantitative estimate of drug-likeness (QED) is 0.696. The molecule has 0 aliphatic carbocycles. The molecule has 3 rings (SSSR count). The van der Waals surface area contributed by atoms with Gasteiger partial charge < -0.3 is 14.5 Å². The van der Waals surface area contributed by atoms with Crippen LogP contribution in [-0.4, -0.2) is 70.4 Å². The third kappa shape index (κ3) is 5.09. The zero-order valence-electron chi connectivity index (χ0n) is 17.1. The van der Waals surface area contributed by atoms with Crippen molar-refractivity contribution < 1.29 is 22.3 Å². The molecule has 0 radical (unpaired) electrons. The molecule has 0 unspecified atom stereocenters. The van der Waals surface area contributed by atoms with Crippen LogP contribution in [0.2, 0.25) is 0 Å². The zero-order chi connectivity index (χ0) is 21.7. The summed E-state index contributed by atoms with van der Waals surface area (Å²) in [6, 6.07) is 12.3. The molecule has 0 N–H and O–H groups in total. The molecule has 7 nitrogen and oxygen atoms in total. The number of sulfonamides is 1. The van der Waals surface area contributed by atoms with E-state index in [2.05, 4.69) is 4.90 Å². The Morgan fingerprint density at radius 1 is 1.03 bits per heavy atom. The monoisotopic (exact) mass is 435 g/mol. The van der Waals surface area contributed by atoms with Crippen LogP contribution in [0.3, 0.4) is 0 Å². The molecule has 0 saturated carbocycles. The molecule has 2 aromatic rings. The van der Waals surface area contributed by atoms with E-state index in [1.807, 2.05) is 24.3 Å². The van der Waals surface area contributed by atoms with Gasteiger partial charge >= 0.3 is 0 Å². The number of hydrogen-bond donors (Lipinski definition) is 0. The minimum atomic E-state index is -3.86. The molecule has 1 amide bonds. The fourth-order valence-corrected chi connectivity index (χ4v) is 4.50. The number of likely N-dealkylation sites (N-methyl/N-ethyl adjacent to an activating group) is 1. The second-order valence-electron chi connectivity index (χ2n) is 7.13. The lowest BCUT2D eigenvalue weighted by atomic mass is 10.2. The van der Waals surface area contributed by atoms with E-state index in [9.17, 15) is 17.6 Å². The third-order valence-corrected chi connectivity index (χ3v) is 6.98. The van der Waals surface area contributed by atoms with Crippen LogP contribution < -0.4 is 9.64 Å². The Bertz CT molecular complexity index is 965. The minimum Gasteiger partial charge on any atom is -0.497 e. The average molecular weight is 436 g/mol. The summed E-state index contributed by atoms with van der Waals surface area (Å²) in [5.74, 6) is 0.0224. The first kappa shape index (κ1) is 22.0. The fourth-order valence-electron chi connectivity index (χ4n) is 3.38. The first-order chi connectivity index (χ1) is 14.3. The van der Waals surface area contributed by atoms with Gasteiger partial charge in [0.2, 0.25) is 15.9 Å². The highest BCUT2D eigenvalue weighted by molar-refractivity contribution is 7.89. The maximum absolute atomic E-state index is 13.1. The maximum atomic E-state index is 13.1. The van der Waals surface area contributed by atoms with Crippen molar-refractivity contribution in [3.8, 4) is 5.75 Å². The molecule has 0 spiro atoms. The first-order valence-corrected chi connectivity index (χ1v) is 11.1. The van der Waals surface area contributed by atoms with Gasteiger partial charge in [-0.3, -0.25) is 4.79 Å². The highest BCUT2D eigenvalue weighted by Gasteiger charge is 2.26. The molecule has 1 aliphatic heterocycles. The van der Waals surface area contributed by atoms with Crippen molar-refractivity contribution in [3.63, 3.8) is 0 Å². The largest absolute Gasteiger partial charge is 0.497 e. The van der Waals surface area contributed by atoms with Crippen molar-refractivity contribution in [2.75, 3.05) is 51.8 Å². The van der Waals surface area contributed by atoms with Crippen LogP contribution in [0.15, 0.2) is 53.4 Å². The SMILES string of the molecule is COc1ccc(N2CCCN(C(=O)CN(C)S(=O)(=O)c3ccc(F)cc3)CC2)cc1. The van der Waals surface area contributed by atoms with Gasteiger partial charge in [0.05, 0.1) is 18.6 Å². The number of ether oxygens (including phenoxy) is 1. The van der Waals surface area contributed by atoms with Gasteiger partial charge in [-0.25, -0.2) is 12.8 Å². The molecule has 1 heterocycles. The van der Waals surface area contributed by atoms with Crippen LogP contribution in [0.5, 0.6) is 5.75 Å². The Morgan fingerprint density at radius 2 is 1.70 bits per heavy atom. The number of nitrogens with zero attached hydrogens (tertiary/aromatic N) is 3. The van der Waals surface area contributed by atoms with Crippen molar-refractivity contribution in [1.82, 2.24) is 9.21 Å². The van der Waals surface area contributed by atoms with E-state index in [0.717, 1.165) is 40.8 Å². The van der Waals surface area contributed by atoms with Crippen molar-refractivity contribution in [1.29, 1.82) is 0 Å². The molecule has 0 aromatic heterocycles. The van der Waals surface area contributed by atoms with Crippen LogP contribution in [0.1, 0.15) is 6.42 Å². The summed E-state index contributed by atoms with van der Waals surface area (Å²) in [7, 11) is -0.880. The smallest absolute Gasteiger partial charge is 0.243 e. The average Bonchev–Trinajstić information content (AvgIpc) is 3.00. The molecule has 1 fully saturated rings. The Labute approximate surface area is 176 Å². The summed E-state index contributed by atoms with van der Waals surface area (Å²) < 4.78 is 44.5. The second-order valence-corrected chi connectivity index (χ2v) is 9.18. The van der Waals surface area contributed by atoms with Crippen molar-refractivity contribution in [2.24, 2.45) is 0 Å². The standard InChI is InChI=1S/C21H26FN3O4S/c1-23(30(27,28)20-10-4-17(22)5-11-20)16-21(26)25-13-3-12-24(14-15-25)18-6-8-19(29-2)9-7-18/h4-11H,3,12-16H2,1-2H3. The number of carbonyl (C=O) groups is 1. The Balaban J connectivity index is 1.60. The first-order valence-electron chi connectivity index (χ1n) is 9.70. The van der Waals surface area contributed by atoms with Gasteiger partial charge in [0, 0.05) is 38.9 Å². The number of rotatable bonds is 6. The van der Waals surface area contributed by atoms with Crippen molar-refractivity contribution >= 4 is 21.6 Å². The van der Waals surface area contributed by atoms with E-state index in [-0.39, 0.29) is 17.3 Å². The number of halogens is 1. The third-order valence-electron chi connectivity index (χ3n) is 5.17. The molecule has 0 bridgehead atoms. The molecule has 2 aromatic carbocycles. The van der Waals surface area contributed by atoms with Gasteiger partial charge in [-0.05, 0) is 55.0 Å². The van der Waals surface area contributed by atoms with E-state index < -0.39 is 15.8 Å².